The number of carbonyl (C=O) groups excluding carboxylic acids is 2. The summed E-state index contributed by atoms with van der Waals surface area (Å²) < 4.78 is 0. The van der Waals surface area contributed by atoms with Crippen LogP contribution in [0.25, 0.3) is 0 Å². The molecule has 1 saturated heterocycles. The second-order valence-corrected chi connectivity index (χ2v) is 7.47. The quantitative estimate of drug-likeness (QED) is 0.860. The Morgan fingerprint density at radius 1 is 1.32 bits per heavy atom. The first kappa shape index (κ1) is 17.5. The fourth-order valence-corrected chi connectivity index (χ4v) is 3.51. The molecule has 1 aliphatic rings. The monoisotopic (exact) mass is 358 g/mol. The van der Waals surface area contributed by atoms with Crippen molar-refractivity contribution in [2.75, 3.05) is 16.8 Å². The lowest BCUT2D eigenvalue weighted by atomic mass is 10.1. The van der Waals surface area contributed by atoms with E-state index in [1.54, 1.807) is 4.90 Å². The maximum Gasteiger partial charge on any atom is 0.231 e. The van der Waals surface area contributed by atoms with Crippen LogP contribution in [0.1, 0.15) is 36.8 Å². The largest absolute Gasteiger partial charge is 0.312 e. The van der Waals surface area contributed by atoms with E-state index in [1.807, 2.05) is 19.1 Å². The molecule has 1 aromatic carbocycles. The standard InChI is InChI=1S/C18H22N4O2S/c1-3-4-5-13-6-8-15(9-7-13)22-11-14(10-16(22)23)17(24)19-18-21-20-12(2)25-18/h6-9,14H,3-5,10-11H2,1-2H3,(H,19,21,24). The van der Waals surface area contributed by atoms with Crippen LogP contribution in [0.3, 0.4) is 0 Å². The van der Waals surface area contributed by atoms with Crippen molar-refractivity contribution < 1.29 is 9.59 Å². The summed E-state index contributed by atoms with van der Waals surface area (Å²) in [4.78, 5) is 26.4. The molecular formula is C18H22N4O2S. The zero-order valence-electron chi connectivity index (χ0n) is 14.5. The zero-order valence-corrected chi connectivity index (χ0v) is 15.3. The summed E-state index contributed by atoms with van der Waals surface area (Å²) in [5, 5.41) is 11.8. The molecule has 3 rings (SSSR count). The second kappa shape index (κ2) is 7.74. The highest BCUT2D eigenvalue weighted by atomic mass is 32.1. The number of hydrogen-bond acceptors (Lipinski definition) is 5. The predicted molar refractivity (Wildman–Crippen MR) is 98.8 cm³/mol. The van der Waals surface area contributed by atoms with E-state index in [0.29, 0.717) is 11.7 Å². The number of amides is 2. The minimum Gasteiger partial charge on any atom is -0.312 e. The van der Waals surface area contributed by atoms with Crippen LogP contribution < -0.4 is 10.2 Å². The van der Waals surface area contributed by atoms with E-state index >= 15 is 0 Å². The Balaban J connectivity index is 1.62. The number of nitrogens with zero attached hydrogens (tertiary/aromatic N) is 3. The first-order valence-electron chi connectivity index (χ1n) is 8.57. The molecule has 7 heteroatoms. The molecule has 1 aliphatic heterocycles. The maximum absolute atomic E-state index is 12.4. The van der Waals surface area contributed by atoms with Crippen molar-refractivity contribution in [3.8, 4) is 0 Å². The molecular weight excluding hydrogens is 336 g/mol. The predicted octanol–water partition coefficient (Wildman–Crippen LogP) is 3.18. The maximum atomic E-state index is 12.4. The van der Waals surface area contributed by atoms with Gasteiger partial charge in [0.2, 0.25) is 16.9 Å². The fraction of sp³-hybridized carbons (Fsp3) is 0.444. The van der Waals surface area contributed by atoms with Crippen molar-refractivity contribution >= 4 is 34.0 Å². The van der Waals surface area contributed by atoms with Gasteiger partial charge in [-0.3, -0.25) is 9.59 Å². The second-order valence-electron chi connectivity index (χ2n) is 6.29. The van der Waals surface area contributed by atoms with Gasteiger partial charge in [0.15, 0.2) is 0 Å². The average Bonchev–Trinajstić information content (AvgIpc) is 3.19. The minimum atomic E-state index is -0.364. The van der Waals surface area contributed by atoms with Crippen LogP contribution in [0.15, 0.2) is 24.3 Å². The van der Waals surface area contributed by atoms with Gasteiger partial charge in [0.25, 0.3) is 0 Å². The lowest BCUT2D eigenvalue weighted by Crippen LogP contribution is -2.28. The third kappa shape index (κ3) is 4.22. The minimum absolute atomic E-state index is 0.0186. The van der Waals surface area contributed by atoms with Gasteiger partial charge in [-0.1, -0.05) is 36.8 Å². The third-order valence-corrected chi connectivity index (χ3v) is 5.07. The number of aromatic nitrogens is 2. The van der Waals surface area contributed by atoms with E-state index in [4.69, 9.17) is 0 Å². The van der Waals surface area contributed by atoms with E-state index in [0.717, 1.165) is 30.0 Å². The molecule has 1 unspecified atom stereocenters. The summed E-state index contributed by atoms with van der Waals surface area (Å²) in [6.45, 7) is 4.40. The molecule has 1 N–H and O–H groups in total. The molecule has 132 valence electrons. The van der Waals surface area contributed by atoms with Gasteiger partial charge in [-0.05, 0) is 37.5 Å². The van der Waals surface area contributed by atoms with E-state index in [2.05, 4.69) is 34.6 Å². The zero-order chi connectivity index (χ0) is 17.8. The number of anilines is 2. The lowest BCUT2D eigenvalue weighted by Gasteiger charge is -2.17. The molecule has 0 aliphatic carbocycles. The molecule has 0 spiro atoms. The average molecular weight is 358 g/mol. The Bertz CT molecular complexity index is 757. The smallest absolute Gasteiger partial charge is 0.231 e. The van der Waals surface area contributed by atoms with Crippen molar-refractivity contribution in [1.29, 1.82) is 0 Å². The van der Waals surface area contributed by atoms with Crippen LogP contribution in [-0.4, -0.2) is 28.6 Å². The normalized spacial score (nSPS) is 17.1. The fourth-order valence-electron chi connectivity index (χ4n) is 2.91. The molecule has 0 bridgehead atoms. The Labute approximate surface area is 151 Å². The summed E-state index contributed by atoms with van der Waals surface area (Å²) in [6, 6.07) is 8.07. The van der Waals surface area contributed by atoms with E-state index in [-0.39, 0.29) is 24.2 Å². The van der Waals surface area contributed by atoms with Crippen molar-refractivity contribution in [3.63, 3.8) is 0 Å². The number of unbranched alkanes of at least 4 members (excludes halogenated alkanes) is 1. The van der Waals surface area contributed by atoms with Crippen LogP contribution in [-0.2, 0) is 16.0 Å². The van der Waals surface area contributed by atoms with E-state index < -0.39 is 0 Å². The summed E-state index contributed by atoms with van der Waals surface area (Å²) in [5.41, 5.74) is 2.13. The van der Waals surface area contributed by atoms with Gasteiger partial charge in [-0.25, -0.2) is 0 Å². The Hall–Kier alpha value is -2.28. The van der Waals surface area contributed by atoms with Crippen molar-refractivity contribution in [1.82, 2.24) is 10.2 Å². The SMILES string of the molecule is CCCCc1ccc(N2CC(C(=O)Nc3nnc(C)s3)CC2=O)cc1. The van der Waals surface area contributed by atoms with E-state index in [9.17, 15) is 9.59 Å². The van der Waals surface area contributed by atoms with E-state index in [1.165, 1.54) is 16.9 Å². The molecule has 0 saturated carbocycles. The van der Waals surface area contributed by atoms with Crippen LogP contribution in [0.5, 0.6) is 0 Å². The molecule has 1 fully saturated rings. The Morgan fingerprint density at radius 2 is 2.08 bits per heavy atom. The van der Waals surface area contributed by atoms with Gasteiger partial charge < -0.3 is 10.2 Å². The number of benzene rings is 1. The lowest BCUT2D eigenvalue weighted by molar-refractivity contribution is -0.122. The highest BCUT2D eigenvalue weighted by molar-refractivity contribution is 7.15. The molecule has 2 heterocycles. The number of aryl methyl sites for hydroxylation is 2. The number of rotatable bonds is 6. The summed E-state index contributed by atoms with van der Waals surface area (Å²) in [7, 11) is 0. The molecule has 2 amide bonds. The number of carbonyl (C=O) groups is 2. The number of nitrogens with one attached hydrogen (secondary N) is 1. The van der Waals surface area contributed by atoms with Crippen LogP contribution in [0.2, 0.25) is 0 Å². The van der Waals surface area contributed by atoms with Gasteiger partial charge >= 0.3 is 0 Å². The summed E-state index contributed by atoms with van der Waals surface area (Å²) in [6.07, 6.45) is 3.60. The van der Waals surface area contributed by atoms with Gasteiger partial charge in [0.05, 0.1) is 5.92 Å². The first-order valence-corrected chi connectivity index (χ1v) is 9.38. The molecule has 1 atom stereocenters. The summed E-state index contributed by atoms with van der Waals surface area (Å²) >= 11 is 1.33. The van der Waals surface area contributed by atoms with Crippen LogP contribution in [0.4, 0.5) is 10.8 Å². The Morgan fingerprint density at radius 3 is 2.72 bits per heavy atom. The highest BCUT2D eigenvalue weighted by Crippen LogP contribution is 2.27. The third-order valence-electron chi connectivity index (χ3n) is 4.32. The van der Waals surface area contributed by atoms with Crippen LogP contribution >= 0.6 is 11.3 Å². The van der Waals surface area contributed by atoms with Gasteiger partial charge in [-0.15, -0.1) is 10.2 Å². The summed E-state index contributed by atoms with van der Waals surface area (Å²) in [5.74, 6) is -0.557. The van der Waals surface area contributed by atoms with Crippen LogP contribution in [0, 0.1) is 12.8 Å². The molecule has 2 aromatic rings. The Kier molecular flexibility index (Phi) is 5.43. The van der Waals surface area contributed by atoms with Gasteiger partial charge in [0.1, 0.15) is 5.01 Å². The van der Waals surface area contributed by atoms with Crippen molar-refractivity contribution in [2.45, 2.75) is 39.5 Å². The molecule has 1 aromatic heterocycles. The topological polar surface area (TPSA) is 75.2 Å². The van der Waals surface area contributed by atoms with Gasteiger partial charge in [-0.2, -0.15) is 0 Å². The van der Waals surface area contributed by atoms with Crippen molar-refractivity contribution in [2.24, 2.45) is 5.92 Å². The first-order chi connectivity index (χ1) is 12.1. The number of hydrogen-bond donors (Lipinski definition) is 1. The highest BCUT2D eigenvalue weighted by Gasteiger charge is 2.35. The molecule has 0 radical (unpaired) electrons. The molecule has 25 heavy (non-hydrogen) atoms. The van der Waals surface area contributed by atoms with Crippen molar-refractivity contribution in [3.05, 3.63) is 34.8 Å². The van der Waals surface area contributed by atoms with Gasteiger partial charge in [0, 0.05) is 18.7 Å². The molecule has 6 nitrogen and oxygen atoms in total.